The highest BCUT2D eigenvalue weighted by Gasteiger charge is 2.22. The van der Waals surface area contributed by atoms with Gasteiger partial charge in [0.1, 0.15) is 11.5 Å². The van der Waals surface area contributed by atoms with E-state index in [1.165, 1.54) is 12.1 Å². The molecule has 0 spiro atoms. The number of likely N-dealkylation sites (tertiary alicyclic amines) is 1. The summed E-state index contributed by atoms with van der Waals surface area (Å²) in [5, 5.41) is 3.06. The summed E-state index contributed by atoms with van der Waals surface area (Å²) in [4.78, 5) is 18.6. The van der Waals surface area contributed by atoms with Crippen molar-refractivity contribution in [2.24, 2.45) is 7.05 Å². The van der Waals surface area contributed by atoms with E-state index in [2.05, 4.69) is 15.2 Å². The van der Waals surface area contributed by atoms with Crippen molar-refractivity contribution in [1.82, 2.24) is 19.8 Å². The number of aryl methyl sites for hydroxylation is 1. The van der Waals surface area contributed by atoms with Gasteiger partial charge in [-0.05, 0) is 37.1 Å². The van der Waals surface area contributed by atoms with Gasteiger partial charge in [0, 0.05) is 32.4 Å². The standard InChI is InChI=1S/C17H21FN4O/c1-21-11-16(19-12-21)17(23)20-15-3-2-8-22(10-15)9-13-4-6-14(18)7-5-13/h4-7,11-12,15H,2-3,8-10H2,1H3,(H,20,23). The third-order valence-corrected chi connectivity index (χ3v) is 4.10. The molecule has 1 aliphatic rings. The highest BCUT2D eigenvalue weighted by Crippen LogP contribution is 2.14. The van der Waals surface area contributed by atoms with Gasteiger partial charge in [-0.3, -0.25) is 9.69 Å². The van der Waals surface area contributed by atoms with Crippen molar-refractivity contribution in [3.8, 4) is 0 Å². The van der Waals surface area contributed by atoms with Crippen LogP contribution >= 0.6 is 0 Å². The van der Waals surface area contributed by atoms with Gasteiger partial charge in [-0.1, -0.05) is 12.1 Å². The quantitative estimate of drug-likeness (QED) is 0.938. The Morgan fingerprint density at radius 3 is 2.87 bits per heavy atom. The predicted octanol–water partition coefficient (Wildman–Crippen LogP) is 1.95. The Morgan fingerprint density at radius 2 is 2.17 bits per heavy atom. The molecule has 1 atom stereocenters. The van der Waals surface area contributed by atoms with Gasteiger partial charge in [0.25, 0.3) is 5.91 Å². The third-order valence-electron chi connectivity index (χ3n) is 4.10. The Hall–Kier alpha value is -2.21. The number of amides is 1. The van der Waals surface area contributed by atoms with Gasteiger partial charge < -0.3 is 9.88 Å². The zero-order valence-electron chi connectivity index (χ0n) is 13.2. The van der Waals surface area contributed by atoms with Gasteiger partial charge in [-0.15, -0.1) is 0 Å². The lowest BCUT2D eigenvalue weighted by atomic mass is 10.0. The van der Waals surface area contributed by atoms with E-state index in [9.17, 15) is 9.18 Å². The summed E-state index contributed by atoms with van der Waals surface area (Å²) >= 11 is 0. The van der Waals surface area contributed by atoms with Crippen LogP contribution < -0.4 is 5.32 Å². The van der Waals surface area contributed by atoms with Crippen molar-refractivity contribution in [1.29, 1.82) is 0 Å². The largest absolute Gasteiger partial charge is 0.347 e. The molecule has 23 heavy (non-hydrogen) atoms. The van der Waals surface area contributed by atoms with Crippen molar-refractivity contribution >= 4 is 5.91 Å². The highest BCUT2D eigenvalue weighted by atomic mass is 19.1. The minimum Gasteiger partial charge on any atom is -0.347 e. The number of hydrogen-bond donors (Lipinski definition) is 1. The van der Waals surface area contributed by atoms with Gasteiger partial charge in [0.2, 0.25) is 0 Å². The minimum absolute atomic E-state index is 0.124. The van der Waals surface area contributed by atoms with Crippen LogP contribution in [0.2, 0.25) is 0 Å². The molecule has 2 heterocycles. The average molecular weight is 316 g/mol. The lowest BCUT2D eigenvalue weighted by molar-refractivity contribution is 0.0896. The van der Waals surface area contributed by atoms with E-state index in [1.54, 1.807) is 17.1 Å². The maximum atomic E-state index is 13.0. The maximum absolute atomic E-state index is 13.0. The summed E-state index contributed by atoms with van der Waals surface area (Å²) in [6.07, 6.45) is 5.35. The number of nitrogens with one attached hydrogen (secondary N) is 1. The Bertz CT molecular complexity index is 667. The van der Waals surface area contributed by atoms with Crippen molar-refractivity contribution in [2.75, 3.05) is 13.1 Å². The lowest BCUT2D eigenvalue weighted by Crippen LogP contribution is -2.47. The number of halogens is 1. The molecule has 1 amide bonds. The number of imidazole rings is 1. The summed E-state index contributed by atoms with van der Waals surface area (Å²) in [6.45, 7) is 2.57. The molecular formula is C17H21FN4O. The Labute approximate surface area is 135 Å². The predicted molar refractivity (Wildman–Crippen MR) is 85.4 cm³/mol. The molecule has 1 N–H and O–H groups in total. The number of hydrogen-bond acceptors (Lipinski definition) is 3. The van der Waals surface area contributed by atoms with E-state index >= 15 is 0 Å². The van der Waals surface area contributed by atoms with Crippen LogP contribution in [0.15, 0.2) is 36.8 Å². The summed E-state index contributed by atoms with van der Waals surface area (Å²) in [7, 11) is 1.84. The summed E-state index contributed by atoms with van der Waals surface area (Å²) in [5.41, 5.74) is 1.53. The molecule has 0 saturated carbocycles. The Kier molecular flexibility index (Phi) is 4.71. The molecule has 122 valence electrons. The van der Waals surface area contributed by atoms with Crippen LogP contribution in [-0.4, -0.2) is 39.5 Å². The smallest absolute Gasteiger partial charge is 0.271 e. The first kappa shape index (κ1) is 15.7. The topological polar surface area (TPSA) is 50.2 Å². The minimum atomic E-state index is -0.215. The molecule has 0 radical (unpaired) electrons. The number of nitrogens with zero attached hydrogens (tertiary/aromatic N) is 3. The monoisotopic (exact) mass is 316 g/mol. The molecule has 0 bridgehead atoms. The Morgan fingerprint density at radius 1 is 1.39 bits per heavy atom. The van der Waals surface area contributed by atoms with Crippen LogP contribution in [0.4, 0.5) is 4.39 Å². The fraction of sp³-hybridized carbons (Fsp3) is 0.412. The number of benzene rings is 1. The number of rotatable bonds is 4. The SMILES string of the molecule is Cn1cnc(C(=O)NC2CCCN(Cc3ccc(F)cc3)C2)c1. The molecule has 1 aromatic heterocycles. The van der Waals surface area contributed by atoms with E-state index in [-0.39, 0.29) is 17.8 Å². The number of piperidine rings is 1. The normalized spacial score (nSPS) is 18.8. The van der Waals surface area contributed by atoms with E-state index in [1.807, 2.05) is 19.2 Å². The summed E-state index contributed by atoms with van der Waals surface area (Å²) in [5.74, 6) is -0.341. The highest BCUT2D eigenvalue weighted by molar-refractivity contribution is 5.92. The number of carbonyl (C=O) groups is 1. The number of carbonyl (C=O) groups excluding carboxylic acids is 1. The molecule has 3 rings (SSSR count). The molecule has 1 aromatic carbocycles. The average Bonchev–Trinajstić information content (AvgIpc) is 2.97. The zero-order valence-corrected chi connectivity index (χ0v) is 13.2. The van der Waals surface area contributed by atoms with Gasteiger partial charge in [0.05, 0.1) is 6.33 Å². The molecule has 1 fully saturated rings. The zero-order chi connectivity index (χ0) is 16.2. The van der Waals surface area contributed by atoms with Crippen LogP contribution in [-0.2, 0) is 13.6 Å². The summed E-state index contributed by atoms with van der Waals surface area (Å²) < 4.78 is 14.7. The van der Waals surface area contributed by atoms with E-state index in [4.69, 9.17) is 0 Å². The van der Waals surface area contributed by atoms with Gasteiger partial charge in [-0.2, -0.15) is 0 Å². The first-order valence-corrected chi connectivity index (χ1v) is 7.86. The molecule has 5 nitrogen and oxygen atoms in total. The first-order valence-electron chi connectivity index (χ1n) is 7.86. The molecule has 1 unspecified atom stereocenters. The van der Waals surface area contributed by atoms with Gasteiger partial charge in [-0.25, -0.2) is 9.37 Å². The molecular weight excluding hydrogens is 295 g/mol. The fourth-order valence-corrected chi connectivity index (χ4v) is 2.95. The summed E-state index contributed by atoms with van der Waals surface area (Å²) in [6, 6.07) is 6.72. The molecule has 1 aliphatic heterocycles. The van der Waals surface area contributed by atoms with Gasteiger partial charge >= 0.3 is 0 Å². The van der Waals surface area contributed by atoms with Crippen LogP contribution in [0.5, 0.6) is 0 Å². The lowest BCUT2D eigenvalue weighted by Gasteiger charge is -2.33. The van der Waals surface area contributed by atoms with Crippen LogP contribution in [0, 0.1) is 5.82 Å². The van der Waals surface area contributed by atoms with Gasteiger partial charge in [0.15, 0.2) is 0 Å². The molecule has 1 saturated heterocycles. The molecule has 2 aromatic rings. The van der Waals surface area contributed by atoms with E-state index < -0.39 is 0 Å². The fourth-order valence-electron chi connectivity index (χ4n) is 2.95. The van der Waals surface area contributed by atoms with Crippen molar-refractivity contribution in [2.45, 2.75) is 25.4 Å². The second kappa shape index (κ2) is 6.91. The van der Waals surface area contributed by atoms with Crippen molar-refractivity contribution < 1.29 is 9.18 Å². The number of aromatic nitrogens is 2. The molecule has 0 aliphatic carbocycles. The van der Waals surface area contributed by atoms with Crippen molar-refractivity contribution in [3.63, 3.8) is 0 Å². The van der Waals surface area contributed by atoms with Crippen LogP contribution in [0.25, 0.3) is 0 Å². The van der Waals surface area contributed by atoms with E-state index in [0.717, 1.165) is 38.0 Å². The first-order chi connectivity index (χ1) is 11.1. The molecule has 6 heteroatoms. The second-order valence-electron chi connectivity index (χ2n) is 6.10. The van der Waals surface area contributed by atoms with E-state index in [0.29, 0.717) is 5.69 Å². The maximum Gasteiger partial charge on any atom is 0.271 e. The third kappa shape index (κ3) is 4.16. The van der Waals surface area contributed by atoms with Crippen molar-refractivity contribution in [3.05, 3.63) is 53.9 Å². The second-order valence-corrected chi connectivity index (χ2v) is 6.10. The van der Waals surface area contributed by atoms with Crippen LogP contribution in [0.3, 0.4) is 0 Å². The van der Waals surface area contributed by atoms with Crippen LogP contribution in [0.1, 0.15) is 28.9 Å². The Balaban J connectivity index is 1.55.